The van der Waals surface area contributed by atoms with Crippen LogP contribution in [0.15, 0.2) is 12.2 Å². The first-order valence-electron chi connectivity index (χ1n) is 3.35. The zero-order valence-corrected chi connectivity index (χ0v) is 5.62. The molecule has 0 radical (unpaired) electrons. The third kappa shape index (κ3) is 2.08. The molecule has 0 bridgehead atoms. The molecule has 0 N–H and O–H groups in total. The summed E-state index contributed by atoms with van der Waals surface area (Å²) in [6, 6.07) is 0. The first-order chi connectivity index (χ1) is 4.47. The summed E-state index contributed by atoms with van der Waals surface area (Å²) < 4.78 is 35.1. The molecule has 1 rings (SSSR count). The average Bonchev–Trinajstić information content (AvgIpc) is 1.57. The Morgan fingerprint density at radius 2 is 1.90 bits per heavy atom. The summed E-state index contributed by atoms with van der Waals surface area (Å²) >= 11 is 0. The molecule has 0 aromatic rings. The average molecular weight is 149 g/mol. The minimum Gasteiger partial charge on any atom is -0.449 e. The van der Waals surface area contributed by atoms with Crippen molar-refractivity contribution in [1.82, 2.24) is 0 Å². The topological polar surface area (TPSA) is 0 Å². The molecule has 0 nitrogen and oxygen atoms in total. The number of halogens is 3. The third-order valence-corrected chi connectivity index (χ3v) is 1.76. The highest BCUT2D eigenvalue weighted by molar-refractivity contribution is 6.58. The van der Waals surface area contributed by atoms with E-state index in [0.717, 1.165) is 5.57 Å². The van der Waals surface area contributed by atoms with Gasteiger partial charge in [-0.3, -0.25) is 0 Å². The number of rotatable bonds is 2. The van der Waals surface area contributed by atoms with Crippen molar-refractivity contribution < 1.29 is 12.9 Å². The lowest BCUT2D eigenvalue weighted by Crippen LogP contribution is -2.25. The van der Waals surface area contributed by atoms with Gasteiger partial charge in [-0.1, -0.05) is 24.4 Å². The molecule has 0 heterocycles. The van der Waals surface area contributed by atoms with Crippen LogP contribution in [0, 0.1) is 5.92 Å². The van der Waals surface area contributed by atoms with E-state index in [9.17, 15) is 12.9 Å². The highest BCUT2D eigenvalue weighted by Crippen LogP contribution is 2.38. The van der Waals surface area contributed by atoms with Gasteiger partial charge in [-0.15, -0.1) is 0 Å². The lowest BCUT2D eigenvalue weighted by atomic mass is 9.68. The molecule has 1 fully saturated rings. The fourth-order valence-electron chi connectivity index (χ4n) is 1.30. The number of allylic oxidation sites excluding steroid dienone is 1. The van der Waals surface area contributed by atoms with Crippen LogP contribution in [0.4, 0.5) is 12.9 Å². The molecule has 0 aromatic heterocycles. The van der Waals surface area contributed by atoms with Crippen LogP contribution >= 0.6 is 0 Å². The summed E-state index contributed by atoms with van der Waals surface area (Å²) in [5, 5.41) is 0. The standard InChI is InChI=1S/C6H9BF3/c1-5-2-6(3-5)4-7(8,9)10/h6H,1-4H2/q-1. The molecule has 0 atom stereocenters. The Morgan fingerprint density at radius 1 is 1.40 bits per heavy atom. The fraction of sp³-hybridized carbons (Fsp3) is 0.667. The summed E-state index contributed by atoms with van der Waals surface area (Å²) in [5.74, 6) is -0.146. The van der Waals surface area contributed by atoms with Crippen LogP contribution in [0.25, 0.3) is 0 Å². The maximum atomic E-state index is 11.7. The van der Waals surface area contributed by atoms with Crippen molar-refractivity contribution in [2.24, 2.45) is 5.92 Å². The van der Waals surface area contributed by atoms with Gasteiger partial charge in [-0.05, 0) is 12.8 Å². The van der Waals surface area contributed by atoms with E-state index in [1.54, 1.807) is 0 Å². The van der Waals surface area contributed by atoms with E-state index in [0.29, 0.717) is 12.8 Å². The lowest BCUT2D eigenvalue weighted by Gasteiger charge is -2.32. The van der Waals surface area contributed by atoms with Crippen LogP contribution in [-0.4, -0.2) is 6.98 Å². The maximum Gasteiger partial charge on any atom is 0.478 e. The molecule has 0 saturated heterocycles. The Morgan fingerprint density at radius 3 is 2.20 bits per heavy atom. The van der Waals surface area contributed by atoms with Gasteiger partial charge in [-0.25, -0.2) is 0 Å². The van der Waals surface area contributed by atoms with Gasteiger partial charge in [0.25, 0.3) is 0 Å². The molecule has 0 spiro atoms. The molecular weight excluding hydrogens is 140 g/mol. The van der Waals surface area contributed by atoms with Crippen molar-refractivity contribution in [3.63, 3.8) is 0 Å². The predicted molar refractivity (Wildman–Crippen MR) is 35.7 cm³/mol. The minimum absolute atomic E-state index is 0.146. The predicted octanol–water partition coefficient (Wildman–Crippen LogP) is 2.80. The van der Waals surface area contributed by atoms with Gasteiger partial charge in [-0.2, -0.15) is 0 Å². The van der Waals surface area contributed by atoms with Crippen LogP contribution in [0.5, 0.6) is 0 Å². The molecule has 0 aromatic carbocycles. The SMILES string of the molecule is C=C1CC(C[B-](F)(F)F)C1. The van der Waals surface area contributed by atoms with E-state index < -0.39 is 13.3 Å². The third-order valence-electron chi connectivity index (χ3n) is 1.76. The van der Waals surface area contributed by atoms with Crippen molar-refractivity contribution in [3.8, 4) is 0 Å². The van der Waals surface area contributed by atoms with Crippen LogP contribution in [0.1, 0.15) is 12.8 Å². The molecule has 0 aliphatic heterocycles. The van der Waals surface area contributed by atoms with Gasteiger partial charge in [0.1, 0.15) is 0 Å². The quantitative estimate of drug-likeness (QED) is 0.418. The Kier molecular flexibility index (Phi) is 1.79. The molecule has 1 saturated carbocycles. The maximum absolute atomic E-state index is 11.7. The molecule has 58 valence electrons. The van der Waals surface area contributed by atoms with E-state index in [-0.39, 0.29) is 5.92 Å². The molecule has 4 heteroatoms. The van der Waals surface area contributed by atoms with E-state index in [2.05, 4.69) is 6.58 Å². The Balaban J connectivity index is 2.22. The molecule has 0 amide bonds. The summed E-state index contributed by atoms with van der Waals surface area (Å²) in [5.41, 5.74) is 0.963. The lowest BCUT2D eigenvalue weighted by molar-refractivity contribution is 0.385. The van der Waals surface area contributed by atoms with Gasteiger partial charge in [0.15, 0.2) is 0 Å². The Bertz CT molecular complexity index is 142. The molecule has 0 unspecified atom stereocenters. The summed E-state index contributed by atoms with van der Waals surface area (Å²) in [7, 11) is 0. The Labute approximate surface area is 58.2 Å². The summed E-state index contributed by atoms with van der Waals surface area (Å²) in [6.07, 6.45) is 0.599. The van der Waals surface area contributed by atoms with Gasteiger partial charge in [0.2, 0.25) is 0 Å². The normalized spacial score (nSPS) is 20.9. The van der Waals surface area contributed by atoms with Crippen LogP contribution < -0.4 is 0 Å². The zero-order valence-electron chi connectivity index (χ0n) is 5.62. The first kappa shape index (κ1) is 7.70. The van der Waals surface area contributed by atoms with Crippen LogP contribution in [-0.2, 0) is 0 Å². The molecule has 1 aliphatic carbocycles. The fourth-order valence-corrected chi connectivity index (χ4v) is 1.30. The van der Waals surface area contributed by atoms with E-state index >= 15 is 0 Å². The number of hydrogen-bond acceptors (Lipinski definition) is 0. The van der Waals surface area contributed by atoms with Crippen molar-refractivity contribution >= 4 is 6.98 Å². The number of hydrogen-bond donors (Lipinski definition) is 0. The molecule has 10 heavy (non-hydrogen) atoms. The van der Waals surface area contributed by atoms with Crippen LogP contribution in [0.2, 0.25) is 6.32 Å². The van der Waals surface area contributed by atoms with E-state index in [1.807, 2.05) is 0 Å². The van der Waals surface area contributed by atoms with Crippen LogP contribution in [0.3, 0.4) is 0 Å². The van der Waals surface area contributed by atoms with Crippen molar-refractivity contribution in [1.29, 1.82) is 0 Å². The van der Waals surface area contributed by atoms with Gasteiger partial charge >= 0.3 is 6.98 Å². The monoisotopic (exact) mass is 149 g/mol. The van der Waals surface area contributed by atoms with Crippen molar-refractivity contribution in [3.05, 3.63) is 12.2 Å². The second-order valence-corrected chi connectivity index (χ2v) is 2.97. The highest BCUT2D eigenvalue weighted by atomic mass is 19.4. The van der Waals surface area contributed by atoms with Gasteiger partial charge in [0.05, 0.1) is 0 Å². The summed E-state index contributed by atoms with van der Waals surface area (Å²) in [6.45, 7) is -0.976. The first-order valence-corrected chi connectivity index (χ1v) is 3.35. The molecular formula is C6H9BF3-. The second kappa shape index (κ2) is 2.33. The summed E-state index contributed by atoms with van der Waals surface area (Å²) in [4.78, 5) is 0. The highest BCUT2D eigenvalue weighted by Gasteiger charge is 2.31. The largest absolute Gasteiger partial charge is 0.478 e. The molecule has 1 aliphatic rings. The smallest absolute Gasteiger partial charge is 0.449 e. The van der Waals surface area contributed by atoms with Gasteiger partial charge in [0, 0.05) is 0 Å². The van der Waals surface area contributed by atoms with Gasteiger partial charge < -0.3 is 12.9 Å². The Hall–Kier alpha value is -0.405. The van der Waals surface area contributed by atoms with Crippen molar-refractivity contribution in [2.45, 2.75) is 19.2 Å². The second-order valence-electron chi connectivity index (χ2n) is 2.97. The van der Waals surface area contributed by atoms with Crippen molar-refractivity contribution in [2.75, 3.05) is 0 Å². The minimum atomic E-state index is -4.56. The van der Waals surface area contributed by atoms with E-state index in [1.165, 1.54) is 0 Å². The zero-order chi connectivity index (χ0) is 7.78. The van der Waals surface area contributed by atoms with E-state index in [4.69, 9.17) is 0 Å².